The molecule has 0 aliphatic heterocycles. The zero-order chi connectivity index (χ0) is 6.57. The molecular weight excluding hydrogens is 104 g/mol. The molecule has 2 N–H and O–H groups in total. The molecule has 0 aromatic heterocycles. The zero-order valence-corrected chi connectivity index (χ0v) is 5.46. The molecule has 0 heterocycles. The lowest BCUT2D eigenvalue weighted by molar-refractivity contribution is 0.0259. The Balaban J connectivity index is 3.17. The molecule has 2 nitrogen and oxygen atoms in total. The summed E-state index contributed by atoms with van der Waals surface area (Å²) in [5.41, 5.74) is 0. The number of aliphatic hydroxyl groups excluding tert-OH is 2. The minimum absolute atomic E-state index is 0.528. The lowest BCUT2D eigenvalue weighted by atomic mass is 10.1. The Labute approximate surface area is 50.2 Å². The molecule has 0 aromatic carbocycles. The van der Waals surface area contributed by atoms with E-state index in [1.54, 1.807) is 6.92 Å². The molecule has 0 amide bonds. The van der Waals surface area contributed by atoms with Gasteiger partial charge in [-0.3, -0.25) is 0 Å². The molecule has 50 valence electrons. The summed E-state index contributed by atoms with van der Waals surface area (Å²) in [6, 6.07) is 0. The molecule has 0 rings (SSSR count). The maximum absolute atomic E-state index is 8.88. The van der Waals surface area contributed by atoms with Crippen molar-refractivity contribution in [2.45, 2.75) is 38.9 Å². The summed E-state index contributed by atoms with van der Waals surface area (Å²) in [6.07, 6.45) is 0.513. The molecule has 0 aliphatic carbocycles. The maximum atomic E-state index is 8.88. The van der Waals surface area contributed by atoms with E-state index >= 15 is 0 Å². The van der Waals surface area contributed by atoms with Gasteiger partial charge in [-0.1, -0.05) is 13.3 Å². The number of aliphatic hydroxyl groups is 2. The molecule has 0 fully saturated rings. The van der Waals surface area contributed by atoms with Crippen molar-refractivity contribution in [1.29, 1.82) is 0 Å². The highest BCUT2D eigenvalue weighted by molar-refractivity contribution is 4.59. The molecule has 0 aliphatic rings. The summed E-state index contributed by atoms with van der Waals surface area (Å²) < 4.78 is 0. The first-order valence-electron chi connectivity index (χ1n) is 3.04. The molecule has 8 heavy (non-hydrogen) atoms. The second-order valence-corrected chi connectivity index (χ2v) is 2.10. The monoisotopic (exact) mass is 118 g/mol. The first-order chi connectivity index (χ1) is 3.68. The fourth-order valence-electron chi connectivity index (χ4n) is 0.537. The van der Waals surface area contributed by atoms with Gasteiger partial charge in [-0.05, 0) is 13.3 Å². The Kier molecular flexibility index (Phi) is 3.83. The number of rotatable bonds is 3. The Bertz CT molecular complexity index is 52.5. The third-order valence-corrected chi connectivity index (χ3v) is 1.14. The summed E-state index contributed by atoms with van der Waals surface area (Å²) in [6.45, 7) is 3.58. The van der Waals surface area contributed by atoms with Crippen LogP contribution in [-0.4, -0.2) is 22.4 Å². The Morgan fingerprint density at radius 1 is 1.38 bits per heavy atom. The Morgan fingerprint density at radius 3 is 2.00 bits per heavy atom. The van der Waals surface area contributed by atoms with Gasteiger partial charge in [0.1, 0.15) is 0 Å². The highest BCUT2D eigenvalue weighted by Gasteiger charge is 2.07. The van der Waals surface area contributed by atoms with E-state index < -0.39 is 12.2 Å². The second-order valence-electron chi connectivity index (χ2n) is 2.10. The first kappa shape index (κ1) is 7.92. The van der Waals surface area contributed by atoms with Crippen molar-refractivity contribution in [3.05, 3.63) is 0 Å². The average Bonchev–Trinajstić information content (AvgIpc) is 1.67. The van der Waals surface area contributed by atoms with Crippen LogP contribution in [0, 0.1) is 0 Å². The van der Waals surface area contributed by atoms with E-state index in [4.69, 9.17) is 10.2 Å². The molecule has 0 saturated carbocycles. The third kappa shape index (κ3) is 2.99. The highest BCUT2D eigenvalue weighted by Crippen LogP contribution is 1.99. The van der Waals surface area contributed by atoms with Gasteiger partial charge in [0.25, 0.3) is 0 Å². The lowest BCUT2D eigenvalue weighted by Crippen LogP contribution is -2.21. The largest absolute Gasteiger partial charge is 0.391 e. The molecule has 0 unspecified atom stereocenters. The predicted octanol–water partition coefficient (Wildman–Crippen LogP) is 0.528. The third-order valence-electron chi connectivity index (χ3n) is 1.14. The van der Waals surface area contributed by atoms with Crippen LogP contribution in [0.2, 0.25) is 0 Å². The van der Waals surface area contributed by atoms with E-state index in [0.717, 1.165) is 6.42 Å². The molecular formula is C6H14O2. The van der Waals surface area contributed by atoms with Gasteiger partial charge in [0.15, 0.2) is 0 Å². The van der Waals surface area contributed by atoms with Crippen LogP contribution in [0.1, 0.15) is 26.7 Å². The van der Waals surface area contributed by atoms with Gasteiger partial charge in [-0.25, -0.2) is 0 Å². The fraction of sp³-hybridized carbons (Fsp3) is 1.00. The van der Waals surface area contributed by atoms with Crippen LogP contribution < -0.4 is 0 Å². The second kappa shape index (κ2) is 3.87. The van der Waals surface area contributed by atoms with Crippen LogP contribution in [0.25, 0.3) is 0 Å². The van der Waals surface area contributed by atoms with Gasteiger partial charge in [0.2, 0.25) is 0 Å². The first-order valence-corrected chi connectivity index (χ1v) is 3.04. The molecule has 0 bridgehead atoms. The lowest BCUT2D eigenvalue weighted by Gasteiger charge is -2.10. The molecule has 2 heteroatoms. The van der Waals surface area contributed by atoms with Crippen molar-refractivity contribution in [1.82, 2.24) is 0 Å². The van der Waals surface area contributed by atoms with Crippen molar-refractivity contribution in [2.75, 3.05) is 0 Å². The maximum Gasteiger partial charge on any atom is 0.0796 e. The predicted molar refractivity (Wildman–Crippen MR) is 32.6 cm³/mol. The smallest absolute Gasteiger partial charge is 0.0796 e. The fourth-order valence-corrected chi connectivity index (χ4v) is 0.537. The van der Waals surface area contributed by atoms with Crippen LogP contribution in [0.5, 0.6) is 0 Å². The van der Waals surface area contributed by atoms with E-state index in [9.17, 15) is 0 Å². The molecule has 0 saturated heterocycles. The van der Waals surface area contributed by atoms with Crippen LogP contribution in [0.3, 0.4) is 0 Å². The minimum Gasteiger partial charge on any atom is -0.391 e. The SMILES string of the molecule is CCC[C@@H](O)[C@@H](C)O. The summed E-state index contributed by atoms with van der Waals surface area (Å²) in [5, 5.41) is 17.6. The molecule has 2 atom stereocenters. The van der Waals surface area contributed by atoms with Crippen LogP contribution in [0.15, 0.2) is 0 Å². The number of hydrogen-bond donors (Lipinski definition) is 2. The molecule has 0 aromatic rings. The van der Waals surface area contributed by atoms with E-state index in [1.807, 2.05) is 6.92 Å². The van der Waals surface area contributed by atoms with E-state index in [-0.39, 0.29) is 0 Å². The quantitative estimate of drug-likeness (QED) is 0.567. The Hall–Kier alpha value is -0.0800. The summed E-state index contributed by atoms with van der Waals surface area (Å²) >= 11 is 0. The van der Waals surface area contributed by atoms with Crippen molar-refractivity contribution in [3.63, 3.8) is 0 Å². The highest BCUT2D eigenvalue weighted by atomic mass is 16.3. The normalized spacial score (nSPS) is 18.0. The summed E-state index contributed by atoms with van der Waals surface area (Å²) in [5.74, 6) is 0. The standard InChI is InChI=1S/C6H14O2/c1-3-4-6(8)5(2)7/h5-8H,3-4H2,1-2H3/t5-,6-/m1/s1. The van der Waals surface area contributed by atoms with Crippen LogP contribution in [0.4, 0.5) is 0 Å². The van der Waals surface area contributed by atoms with Crippen molar-refractivity contribution < 1.29 is 10.2 Å². The van der Waals surface area contributed by atoms with Gasteiger partial charge in [-0.15, -0.1) is 0 Å². The van der Waals surface area contributed by atoms with Crippen molar-refractivity contribution in [2.24, 2.45) is 0 Å². The van der Waals surface area contributed by atoms with E-state index in [1.165, 1.54) is 0 Å². The summed E-state index contributed by atoms with van der Waals surface area (Å²) in [4.78, 5) is 0. The molecule has 0 radical (unpaired) electrons. The summed E-state index contributed by atoms with van der Waals surface area (Å²) in [7, 11) is 0. The van der Waals surface area contributed by atoms with Gasteiger partial charge >= 0.3 is 0 Å². The number of hydrogen-bond acceptors (Lipinski definition) is 2. The van der Waals surface area contributed by atoms with Gasteiger partial charge in [-0.2, -0.15) is 0 Å². The van der Waals surface area contributed by atoms with E-state index in [0.29, 0.717) is 6.42 Å². The van der Waals surface area contributed by atoms with E-state index in [2.05, 4.69) is 0 Å². The zero-order valence-electron chi connectivity index (χ0n) is 5.46. The van der Waals surface area contributed by atoms with Crippen LogP contribution in [-0.2, 0) is 0 Å². The van der Waals surface area contributed by atoms with Crippen LogP contribution >= 0.6 is 0 Å². The molecule has 0 spiro atoms. The van der Waals surface area contributed by atoms with Crippen molar-refractivity contribution in [3.8, 4) is 0 Å². The topological polar surface area (TPSA) is 40.5 Å². The Morgan fingerprint density at radius 2 is 1.88 bits per heavy atom. The van der Waals surface area contributed by atoms with Crippen molar-refractivity contribution >= 4 is 0 Å². The van der Waals surface area contributed by atoms with Gasteiger partial charge in [0, 0.05) is 0 Å². The minimum atomic E-state index is -0.574. The average molecular weight is 118 g/mol. The van der Waals surface area contributed by atoms with Gasteiger partial charge < -0.3 is 10.2 Å². The van der Waals surface area contributed by atoms with Gasteiger partial charge in [0.05, 0.1) is 12.2 Å².